The summed E-state index contributed by atoms with van der Waals surface area (Å²) in [4.78, 5) is 13.6. The Morgan fingerprint density at radius 3 is 2.61 bits per heavy atom. The van der Waals surface area contributed by atoms with Gasteiger partial charge in [0.15, 0.2) is 11.5 Å². The molecule has 5 nitrogen and oxygen atoms in total. The minimum absolute atomic E-state index is 0.0551. The number of unbranched alkanes of at least 4 members (excludes halogenated alkanes) is 1. The average Bonchev–Trinajstić information content (AvgIpc) is 2.37. The normalized spacial score (nSPS) is 10.3. The number of carbonyl (C=O) groups is 1. The van der Waals surface area contributed by atoms with E-state index in [1.165, 1.54) is 23.1 Å². The Morgan fingerprint density at radius 2 is 2.00 bits per heavy atom. The van der Waals surface area contributed by atoms with Crippen LogP contribution in [0.4, 0.5) is 0 Å². The Kier molecular flexibility index (Phi) is 5.45. The molecule has 1 amide bonds. The van der Waals surface area contributed by atoms with E-state index in [-0.39, 0.29) is 30.4 Å². The number of amides is 1. The summed E-state index contributed by atoms with van der Waals surface area (Å²) in [5, 5.41) is 28.0. The lowest BCUT2D eigenvalue weighted by Crippen LogP contribution is -2.34. The molecule has 1 aromatic rings. The van der Waals surface area contributed by atoms with Gasteiger partial charge in [0.1, 0.15) is 0 Å². The molecule has 1 rings (SSSR count). The fourth-order valence-electron chi connectivity index (χ4n) is 1.66. The van der Waals surface area contributed by atoms with Crippen LogP contribution >= 0.6 is 0 Å². The van der Waals surface area contributed by atoms with Crippen LogP contribution in [-0.2, 0) is 0 Å². The Labute approximate surface area is 106 Å². The van der Waals surface area contributed by atoms with Crippen LogP contribution in [-0.4, -0.2) is 45.8 Å². The van der Waals surface area contributed by atoms with Crippen LogP contribution in [0.1, 0.15) is 30.1 Å². The maximum absolute atomic E-state index is 12.2. The average molecular weight is 253 g/mol. The van der Waals surface area contributed by atoms with E-state index in [9.17, 15) is 15.0 Å². The van der Waals surface area contributed by atoms with Gasteiger partial charge < -0.3 is 20.2 Å². The second-order valence-corrected chi connectivity index (χ2v) is 4.04. The highest BCUT2D eigenvalue weighted by Gasteiger charge is 2.19. The summed E-state index contributed by atoms with van der Waals surface area (Å²) in [6.07, 6.45) is 1.76. The Hall–Kier alpha value is -1.75. The van der Waals surface area contributed by atoms with Gasteiger partial charge in [0.25, 0.3) is 5.91 Å². The summed E-state index contributed by atoms with van der Waals surface area (Å²) in [5.74, 6) is -1.12. The molecule has 0 saturated heterocycles. The summed E-state index contributed by atoms with van der Waals surface area (Å²) in [6, 6.07) is 4.27. The van der Waals surface area contributed by atoms with E-state index < -0.39 is 5.75 Å². The molecular weight excluding hydrogens is 234 g/mol. The number of nitrogens with zero attached hydrogens (tertiary/aromatic N) is 1. The number of phenolic OH excluding ortho intramolecular Hbond substituents is 2. The Balaban J connectivity index is 2.90. The van der Waals surface area contributed by atoms with Crippen molar-refractivity contribution in [2.24, 2.45) is 0 Å². The minimum Gasteiger partial charge on any atom is -0.504 e. The molecule has 0 unspecified atom stereocenters. The number of aliphatic hydroxyl groups is 1. The summed E-state index contributed by atoms with van der Waals surface area (Å²) in [7, 11) is 0. The van der Waals surface area contributed by atoms with Crippen molar-refractivity contribution in [3.8, 4) is 11.5 Å². The molecule has 100 valence electrons. The van der Waals surface area contributed by atoms with E-state index in [1.54, 1.807) is 0 Å². The maximum Gasteiger partial charge on any atom is 0.257 e. The lowest BCUT2D eigenvalue weighted by molar-refractivity contribution is 0.0715. The van der Waals surface area contributed by atoms with Crippen LogP contribution in [0.15, 0.2) is 18.2 Å². The predicted octanol–water partition coefficient (Wildman–Crippen LogP) is 1.33. The molecule has 0 aliphatic heterocycles. The smallest absolute Gasteiger partial charge is 0.257 e. The summed E-state index contributed by atoms with van der Waals surface area (Å²) in [5.41, 5.74) is 0.0551. The minimum atomic E-state index is -0.415. The fourth-order valence-corrected chi connectivity index (χ4v) is 1.66. The van der Waals surface area contributed by atoms with Crippen molar-refractivity contribution >= 4 is 5.91 Å². The molecule has 0 saturated carbocycles. The van der Waals surface area contributed by atoms with Crippen LogP contribution in [0.2, 0.25) is 0 Å². The molecule has 18 heavy (non-hydrogen) atoms. The quantitative estimate of drug-likeness (QED) is 0.668. The third kappa shape index (κ3) is 3.37. The molecule has 1 aromatic carbocycles. The Bertz CT molecular complexity index is 406. The zero-order chi connectivity index (χ0) is 13.5. The van der Waals surface area contributed by atoms with Crippen molar-refractivity contribution in [3.63, 3.8) is 0 Å². The van der Waals surface area contributed by atoms with Gasteiger partial charge in [0.05, 0.1) is 12.2 Å². The highest BCUT2D eigenvalue weighted by atomic mass is 16.3. The molecule has 0 bridgehead atoms. The first kappa shape index (κ1) is 14.3. The number of carbonyl (C=O) groups excluding carboxylic acids is 1. The van der Waals surface area contributed by atoms with Crippen LogP contribution < -0.4 is 0 Å². The molecule has 3 N–H and O–H groups in total. The SMILES string of the molecule is CCCCN(CCO)C(=O)c1cccc(O)c1O. The number of benzene rings is 1. The van der Waals surface area contributed by atoms with Crippen molar-refractivity contribution in [3.05, 3.63) is 23.8 Å². The topological polar surface area (TPSA) is 81.0 Å². The van der Waals surface area contributed by atoms with Gasteiger partial charge in [0.2, 0.25) is 0 Å². The van der Waals surface area contributed by atoms with E-state index in [1.807, 2.05) is 6.92 Å². The van der Waals surface area contributed by atoms with Gasteiger partial charge in [0, 0.05) is 13.1 Å². The van der Waals surface area contributed by atoms with Crippen LogP contribution in [0.25, 0.3) is 0 Å². The van der Waals surface area contributed by atoms with E-state index >= 15 is 0 Å². The second kappa shape index (κ2) is 6.86. The molecule has 0 aromatic heterocycles. The molecule has 0 atom stereocenters. The standard InChI is InChI=1S/C13H19NO4/c1-2-3-7-14(8-9-15)13(18)10-5-4-6-11(16)12(10)17/h4-6,15-17H,2-3,7-9H2,1H3. The first-order valence-electron chi connectivity index (χ1n) is 6.02. The first-order valence-corrected chi connectivity index (χ1v) is 6.02. The van der Waals surface area contributed by atoms with Gasteiger partial charge in [-0.2, -0.15) is 0 Å². The van der Waals surface area contributed by atoms with Crippen LogP contribution in [0, 0.1) is 0 Å². The van der Waals surface area contributed by atoms with Gasteiger partial charge in [-0.15, -0.1) is 0 Å². The third-order valence-electron chi connectivity index (χ3n) is 2.68. The van der Waals surface area contributed by atoms with Crippen LogP contribution in [0.3, 0.4) is 0 Å². The first-order chi connectivity index (χ1) is 8.61. The van der Waals surface area contributed by atoms with E-state index in [2.05, 4.69) is 0 Å². The van der Waals surface area contributed by atoms with Crippen molar-refractivity contribution in [2.75, 3.05) is 19.7 Å². The monoisotopic (exact) mass is 253 g/mol. The lowest BCUT2D eigenvalue weighted by Gasteiger charge is -2.22. The number of aliphatic hydroxyl groups excluding tert-OH is 1. The molecule has 0 heterocycles. The largest absolute Gasteiger partial charge is 0.504 e. The molecule has 0 spiro atoms. The van der Waals surface area contributed by atoms with Gasteiger partial charge in [-0.1, -0.05) is 19.4 Å². The number of rotatable bonds is 6. The van der Waals surface area contributed by atoms with Gasteiger partial charge in [-0.05, 0) is 18.6 Å². The lowest BCUT2D eigenvalue weighted by atomic mass is 10.1. The highest BCUT2D eigenvalue weighted by molar-refractivity contribution is 5.97. The number of para-hydroxylation sites is 1. The van der Waals surface area contributed by atoms with Crippen LogP contribution in [0.5, 0.6) is 11.5 Å². The predicted molar refractivity (Wildman–Crippen MR) is 67.7 cm³/mol. The zero-order valence-electron chi connectivity index (χ0n) is 10.5. The summed E-state index contributed by atoms with van der Waals surface area (Å²) in [6.45, 7) is 2.61. The molecule has 5 heteroatoms. The summed E-state index contributed by atoms with van der Waals surface area (Å²) >= 11 is 0. The highest BCUT2D eigenvalue weighted by Crippen LogP contribution is 2.29. The van der Waals surface area contributed by atoms with Gasteiger partial charge >= 0.3 is 0 Å². The maximum atomic E-state index is 12.2. The van der Waals surface area contributed by atoms with Crippen molar-refractivity contribution in [1.29, 1.82) is 0 Å². The second-order valence-electron chi connectivity index (χ2n) is 4.04. The number of hydrogen-bond donors (Lipinski definition) is 3. The molecular formula is C13H19NO4. The third-order valence-corrected chi connectivity index (χ3v) is 2.68. The van der Waals surface area contributed by atoms with E-state index in [0.717, 1.165) is 12.8 Å². The number of hydrogen-bond acceptors (Lipinski definition) is 4. The molecule has 0 aliphatic rings. The number of phenols is 2. The van der Waals surface area contributed by atoms with E-state index in [0.29, 0.717) is 6.54 Å². The molecule has 0 fully saturated rings. The van der Waals surface area contributed by atoms with Crippen molar-refractivity contribution in [2.45, 2.75) is 19.8 Å². The number of aromatic hydroxyl groups is 2. The molecule has 0 radical (unpaired) electrons. The van der Waals surface area contributed by atoms with Gasteiger partial charge in [-0.3, -0.25) is 4.79 Å². The zero-order valence-corrected chi connectivity index (χ0v) is 10.5. The molecule has 0 aliphatic carbocycles. The fraction of sp³-hybridized carbons (Fsp3) is 0.462. The van der Waals surface area contributed by atoms with Gasteiger partial charge in [-0.25, -0.2) is 0 Å². The summed E-state index contributed by atoms with van der Waals surface area (Å²) < 4.78 is 0. The van der Waals surface area contributed by atoms with Crippen molar-refractivity contribution in [1.82, 2.24) is 4.90 Å². The Morgan fingerprint density at radius 1 is 1.28 bits per heavy atom. The van der Waals surface area contributed by atoms with E-state index in [4.69, 9.17) is 5.11 Å². The van der Waals surface area contributed by atoms with Crippen molar-refractivity contribution < 1.29 is 20.1 Å².